The summed E-state index contributed by atoms with van der Waals surface area (Å²) in [5, 5.41) is 6.61. The Morgan fingerprint density at radius 1 is 1.22 bits per heavy atom. The van der Waals surface area contributed by atoms with Crippen molar-refractivity contribution in [2.45, 2.75) is 26.6 Å². The van der Waals surface area contributed by atoms with Crippen molar-refractivity contribution in [1.82, 2.24) is 20.2 Å². The molecule has 2 aromatic heterocycles. The fourth-order valence-electron chi connectivity index (χ4n) is 2.72. The number of urea groups is 1. The third-order valence-electron chi connectivity index (χ3n) is 4.20. The first-order valence-corrected chi connectivity index (χ1v) is 10.0. The Hall–Kier alpha value is -2.45. The van der Waals surface area contributed by atoms with Gasteiger partial charge >= 0.3 is 6.03 Å². The van der Waals surface area contributed by atoms with Crippen molar-refractivity contribution in [2.24, 2.45) is 4.99 Å². The maximum Gasteiger partial charge on any atom is 0.322 e. The van der Waals surface area contributed by atoms with Gasteiger partial charge in [-0.1, -0.05) is 19.9 Å². The molecule has 7 nitrogen and oxygen atoms in total. The van der Waals surface area contributed by atoms with Gasteiger partial charge < -0.3 is 5.32 Å². The van der Waals surface area contributed by atoms with Gasteiger partial charge in [0.15, 0.2) is 0 Å². The number of nitrogens with zero attached hydrogens (tertiary/aromatic N) is 4. The van der Waals surface area contributed by atoms with Crippen molar-refractivity contribution in [3.8, 4) is 0 Å². The number of carbonyl (C=O) groups excluding carboxylic acids is 1. The van der Waals surface area contributed by atoms with Crippen LogP contribution in [0.3, 0.4) is 0 Å². The molecule has 3 rings (SSSR count). The van der Waals surface area contributed by atoms with Crippen LogP contribution in [-0.4, -0.2) is 51.0 Å². The highest BCUT2D eigenvalue weighted by Gasteiger charge is 2.21. The van der Waals surface area contributed by atoms with E-state index in [2.05, 4.69) is 44.3 Å². The first kappa shape index (κ1) is 19.3. The van der Waals surface area contributed by atoms with Gasteiger partial charge in [-0.05, 0) is 37.4 Å². The highest BCUT2D eigenvalue weighted by Crippen LogP contribution is 2.22. The Labute approximate surface area is 163 Å². The largest absolute Gasteiger partial charge is 0.322 e. The van der Waals surface area contributed by atoms with E-state index in [1.165, 1.54) is 0 Å². The van der Waals surface area contributed by atoms with Crippen LogP contribution in [0.25, 0.3) is 0 Å². The van der Waals surface area contributed by atoms with E-state index in [0.29, 0.717) is 11.6 Å². The first-order valence-electron chi connectivity index (χ1n) is 9.04. The molecule has 142 valence electrons. The number of amides is 2. The molecule has 0 spiro atoms. The SMILES string of the molecule is CCN(CC)Cc1cccc(NC(=O)NC2CSC(c3ccncc3)=N2)n1. The molecule has 0 bridgehead atoms. The quantitative estimate of drug-likeness (QED) is 0.767. The maximum absolute atomic E-state index is 12.3. The number of hydrogen-bond donors (Lipinski definition) is 2. The molecule has 27 heavy (non-hydrogen) atoms. The number of thioether (sulfide) groups is 1. The smallest absolute Gasteiger partial charge is 0.315 e. The molecule has 0 saturated heterocycles. The number of anilines is 1. The lowest BCUT2D eigenvalue weighted by atomic mass is 10.3. The van der Waals surface area contributed by atoms with Gasteiger partial charge in [-0.15, -0.1) is 11.8 Å². The predicted octanol–water partition coefficient (Wildman–Crippen LogP) is 2.96. The zero-order valence-electron chi connectivity index (χ0n) is 15.6. The fraction of sp³-hybridized carbons (Fsp3) is 0.368. The summed E-state index contributed by atoms with van der Waals surface area (Å²) >= 11 is 1.62. The van der Waals surface area contributed by atoms with Crippen molar-refractivity contribution in [2.75, 3.05) is 24.2 Å². The van der Waals surface area contributed by atoms with Gasteiger partial charge in [-0.25, -0.2) is 9.78 Å². The van der Waals surface area contributed by atoms with Crippen LogP contribution in [0, 0.1) is 0 Å². The van der Waals surface area contributed by atoms with Crippen LogP contribution in [0.4, 0.5) is 10.6 Å². The summed E-state index contributed by atoms with van der Waals surface area (Å²) < 4.78 is 0. The predicted molar refractivity (Wildman–Crippen MR) is 110 cm³/mol. The molecule has 0 radical (unpaired) electrons. The third kappa shape index (κ3) is 5.51. The van der Waals surface area contributed by atoms with Gasteiger partial charge in [-0.2, -0.15) is 0 Å². The molecule has 3 heterocycles. The van der Waals surface area contributed by atoms with Crippen LogP contribution < -0.4 is 10.6 Å². The molecule has 1 unspecified atom stereocenters. The van der Waals surface area contributed by atoms with Crippen LogP contribution in [-0.2, 0) is 6.54 Å². The van der Waals surface area contributed by atoms with Crippen molar-refractivity contribution in [3.63, 3.8) is 0 Å². The summed E-state index contributed by atoms with van der Waals surface area (Å²) in [6.45, 7) is 6.95. The number of carbonyl (C=O) groups is 1. The minimum Gasteiger partial charge on any atom is -0.315 e. The van der Waals surface area contributed by atoms with Crippen molar-refractivity contribution in [1.29, 1.82) is 0 Å². The Bertz CT molecular complexity index is 794. The van der Waals surface area contributed by atoms with Crippen LogP contribution >= 0.6 is 11.8 Å². The number of rotatable bonds is 7. The molecular weight excluding hydrogens is 360 g/mol. The second-order valence-electron chi connectivity index (χ2n) is 6.07. The van der Waals surface area contributed by atoms with Gasteiger partial charge in [0.1, 0.15) is 17.0 Å². The molecule has 1 atom stereocenters. The van der Waals surface area contributed by atoms with Gasteiger partial charge in [0.25, 0.3) is 0 Å². The minimum atomic E-state index is -0.298. The highest BCUT2D eigenvalue weighted by molar-refractivity contribution is 8.14. The molecule has 2 aromatic rings. The fourth-order valence-corrected chi connectivity index (χ4v) is 3.70. The standard InChI is InChI=1S/C19H24N6OS/c1-3-25(4-2)12-15-6-5-7-16(21-15)23-19(26)24-17-13-27-18(22-17)14-8-10-20-11-9-14/h5-11,17H,3-4,12-13H2,1-2H3,(H2,21,23,24,26). The Balaban J connectivity index is 1.56. The lowest BCUT2D eigenvalue weighted by Gasteiger charge is -2.17. The number of pyridine rings is 2. The molecule has 2 amide bonds. The molecule has 1 aliphatic heterocycles. The van der Waals surface area contributed by atoms with Gasteiger partial charge in [-0.3, -0.25) is 20.2 Å². The van der Waals surface area contributed by atoms with Gasteiger partial charge in [0.2, 0.25) is 0 Å². The summed E-state index contributed by atoms with van der Waals surface area (Å²) in [5.74, 6) is 1.25. The van der Waals surface area contributed by atoms with E-state index in [9.17, 15) is 4.79 Å². The number of aliphatic imine (C=N–C) groups is 1. The van der Waals surface area contributed by atoms with E-state index in [1.54, 1.807) is 30.2 Å². The van der Waals surface area contributed by atoms with Crippen molar-refractivity contribution < 1.29 is 4.79 Å². The summed E-state index contributed by atoms with van der Waals surface area (Å²) in [4.78, 5) is 27.7. The second kappa shape index (κ2) is 9.48. The molecule has 0 saturated carbocycles. The van der Waals surface area contributed by atoms with Gasteiger partial charge in [0, 0.05) is 30.3 Å². The van der Waals surface area contributed by atoms with Crippen LogP contribution in [0.5, 0.6) is 0 Å². The monoisotopic (exact) mass is 384 g/mol. The molecule has 1 aliphatic rings. The summed E-state index contributed by atoms with van der Waals surface area (Å²) in [6, 6.07) is 9.21. The maximum atomic E-state index is 12.3. The average Bonchev–Trinajstić information content (AvgIpc) is 3.15. The van der Waals surface area contributed by atoms with Crippen molar-refractivity contribution >= 4 is 28.7 Å². The number of nitrogens with one attached hydrogen (secondary N) is 2. The highest BCUT2D eigenvalue weighted by atomic mass is 32.2. The van der Waals surface area contributed by atoms with Crippen LogP contribution in [0.2, 0.25) is 0 Å². The number of hydrogen-bond acceptors (Lipinski definition) is 6. The van der Waals surface area contributed by atoms with Crippen LogP contribution in [0.1, 0.15) is 25.1 Å². The Morgan fingerprint density at radius 3 is 2.74 bits per heavy atom. The van der Waals surface area contributed by atoms with E-state index >= 15 is 0 Å². The molecule has 2 N–H and O–H groups in total. The lowest BCUT2D eigenvalue weighted by molar-refractivity contribution is 0.249. The summed E-state index contributed by atoms with van der Waals surface area (Å²) in [7, 11) is 0. The van der Waals surface area contributed by atoms with Crippen LogP contribution in [0.15, 0.2) is 47.7 Å². The van der Waals surface area contributed by atoms with E-state index in [4.69, 9.17) is 0 Å². The lowest BCUT2D eigenvalue weighted by Crippen LogP contribution is -2.37. The van der Waals surface area contributed by atoms with E-state index in [-0.39, 0.29) is 12.2 Å². The average molecular weight is 385 g/mol. The third-order valence-corrected chi connectivity index (χ3v) is 5.30. The first-order chi connectivity index (χ1) is 13.2. The minimum absolute atomic E-state index is 0.253. The van der Waals surface area contributed by atoms with Gasteiger partial charge in [0.05, 0.1) is 5.69 Å². The van der Waals surface area contributed by atoms with Crippen molar-refractivity contribution in [3.05, 3.63) is 54.0 Å². The zero-order valence-corrected chi connectivity index (χ0v) is 16.4. The topological polar surface area (TPSA) is 82.5 Å². The van der Waals surface area contributed by atoms with E-state index < -0.39 is 0 Å². The summed E-state index contributed by atoms with van der Waals surface area (Å²) in [6.07, 6.45) is 3.22. The van der Waals surface area contributed by atoms with E-state index in [0.717, 1.165) is 35.9 Å². The second-order valence-corrected chi connectivity index (χ2v) is 7.08. The molecule has 0 aliphatic carbocycles. The molecule has 0 fully saturated rings. The van der Waals surface area contributed by atoms with E-state index in [1.807, 2.05) is 24.3 Å². The zero-order chi connectivity index (χ0) is 19.1. The molecular formula is C19H24N6OS. The Kier molecular flexibility index (Phi) is 6.78. The summed E-state index contributed by atoms with van der Waals surface area (Å²) in [5.41, 5.74) is 1.95. The molecule has 0 aromatic carbocycles. The Morgan fingerprint density at radius 2 is 2.00 bits per heavy atom. The normalized spacial score (nSPS) is 16.3. The molecule has 8 heteroatoms. The number of aromatic nitrogens is 2.